The van der Waals surface area contributed by atoms with Gasteiger partial charge in [0.05, 0.1) is 11.4 Å². The van der Waals surface area contributed by atoms with Crippen LogP contribution in [0.1, 0.15) is 44.2 Å². The minimum Gasteiger partial charge on any atom is -0.454 e. The molecule has 2 N–H and O–H groups in total. The van der Waals surface area contributed by atoms with Crippen LogP contribution in [-0.4, -0.2) is 40.3 Å². The lowest BCUT2D eigenvalue weighted by atomic mass is 9.49. The summed E-state index contributed by atoms with van der Waals surface area (Å²) < 4.78 is 8.17. The van der Waals surface area contributed by atoms with Crippen LogP contribution >= 0.6 is 0 Å². The average molecular weight is 481 g/mol. The fraction of sp³-hybridized carbons (Fsp3) is 0.538. The predicted molar refractivity (Wildman–Crippen MR) is 129 cm³/mol. The number of rotatable bonds is 7. The Bertz CT molecular complexity index is 1180. The Kier molecular flexibility index (Phi) is 6.02. The Morgan fingerprint density at radius 2 is 1.63 bits per heavy atom. The summed E-state index contributed by atoms with van der Waals surface area (Å²) in [6.45, 7) is 0.923. The highest BCUT2D eigenvalue weighted by Gasteiger charge is 2.54. The van der Waals surface area contributed by atoms with E-state index >= 15 is 0 Å². The normalized spacial score (nSPS) is 26.4. The van der Waals surface area contributed by atoms with E-state index in [0.29, 0.717) is 29.1 Å². The molecule has 4 saturated carbocycles. The van der Waals surface area contributed by atoms with Crippen molar-refractivity contribution in [2.24, 2.45) is 30.2 Å². The van der Waals surface area contributed by atoms with E-state index in [1.807, 2.05) is 18.2 Å². The summed E-state index contributed by atoms with van der Waals surface area (Å²) in [5.74, 6) is 0.558. The van der Waals surface area contributed by atoms with Crippen molar-refractivity contribution in [3.05, 3.63) is 46.4 Å². The molecule has 4 aliphatic rings. The molecule has 0 unspecified atom stereocenters. The minimum absolute atomic E-state index is 0.0561. The fourth-order valence-electron chi connectivity index (χ4n) is 6.81. The quantitative estimate of drug-likeness (QED) is 0.591. The summed E-state index contributed by atoms with van der Waals surface area (Å²) in [6.07, 6.45) is 6.46. The van der Waals surface area contributed by atoms with Gasteiger partial charge in [0.1, 0.15) is 12.2 Å². The molecule has 1 aromatic heterocycles. The molecule has 9 nitrogen and oxygen atoms in total. The number of carbonyl (C=O) groups excluding carboxylic acids is 3. The molecule has 9 heteroatoms. The van der Waals surface area contributed by atoms with E-state index in [0.717, 1.165) is 19.3 Å². The van der Waals surface area contributed by atoms with Crippen LogP contribution in [0.4, 0.5) is 5.69 Å². The molecule has 0 radical (unpaired) electrons. The molecule has 0 aliphatic heterocycles. The zero-order valence-electron chi connectivity index (χ0n) is 20.2. The van der Waals surface area contributed by atoms with E-state index in [1.165, 1.54) is 23.9 Å². The molecule has 6 rings (SSSR count). The van der Waals surface area contributed by atoms with E-state index in [2.05, 4.69) is 10.6 Å². The van der Waals surface area contributed by atoms with E-state index < -0.39 is 18.5 Å². The van der Waals surface area contributed by atoms with Crippen LogP contribution in [0, 0.1) is 30.1 Å². The molecule has 0 saturated heterocycles. The van der Waals surface area contributed by atoms with Crippen molar-refractivity contribution in [3.63, 3.8) is 0 Å². The molecule has 4 fully saturated rings. The molecule has 35 heavy (non-hydrogen) atoms. The molecule has 1 heterocycles. The van der Waals surface area contributed by atoms with Crippen LogP contribution < -0.4 is 16.2 Å². The summed E-state index contributed by atoms with van der Waals surface area (Å²) in [4.78, 5) is 50.5. The smallest absolute Gasteiger partial charge is 0.325 e. The standard InChI is InChI=1S/C26H32N4O5/c1-16-23(24(33)30(29(16)2)20-6-4-3-5-7-20)28-21(31)15-35-22(32)14-27-25(34)26-11-17-8-18(12-26)10-19(9-17)13-26/h3-7,17-19H,8-15H2,1-2H3,(H,27,34)(H,28,31). The summed E-state index contributed by atoms with van der Waals surface area (Å²) in [7, 11) is 1.73. The SMILES string of the molecule is Cc1c(NC(=O)COC(=O)CNC(=O)C23CC4CC(CC(C4)C2)C3)c(=O)n(-c2ccccc2)n1C. The number of aromatic nitrogens is 2. The highest BCUT2D eigenvalue weighted by molar-refractivity contribution is 5.93. The number of hydrogen-bond donors (Lipinski definition) is 2. The Morgan fingerprint density at radius 3 is 2.23 bits per heavy atom. The highest BCUT2D eigenvalue weighted by atomic mass is 16.5. The third-order valence-electron chi connectivity index (χ3n) is 8.10. The van der Waals surface area contributed by atoms with Gasteiger partial charge in [0, 0.05) is 12.5 Å². The van der Waals surface area contributed by atoms with Gasteiger partial charge >= 0.3 is 5.97 Å². The molecule has 2 aromatic rings. The molecule has 0 spiro atoms. The molecule has 1 aromatic carbocycles. The van der Waals surface area contributed by atoms with Gasteiger partial charge in [0.15, 0.2) is 6.61 Å². The van der Waals surface area contributed by atoms with Gasteiger partial charge in [0.2, 0.25) is 5.91 Å². The summed E-state index contributed by atoms with van der Waals surface area (Å²) >= 11 is 0. The number of nitrogens with one attached hydrogen (secondary N) is 2. The number of amides is 2. The van der Waals surface area contributed by atoms with Gasteiger partial charge < -0.3 is 15.4 Å². The lowest BCUT2D eigenvalue weighted by molar-refractivity contribution is -0.152. The maximum absolute atomic E-state index is 13.0. The first-order valence-corrected chi connectivity index (χ1v) is 12.3. The van der Waals surface area contributed by atoms with Crippen LogP contribution in [0.15, 0.2) is 35.1 Å². The summed E-state index contributed by atoms with van der Waals surface area (Å²) in [5, 5.41) is 5.32. The number of esters is 1. The first-order valence-electron chi connectivity index (χ1n) is 12.3. The number of anilines is 1. The Hall–Kier alpha value is -3.36. The van der Waals surface area contributed by atoms with Crippen LogP contribution in [0.3, 0.4) is 0 Å². The molecule has 186 valence electrons. The van der Waals surface area contributed by atoms with Crippen LogP contribution in [0.5, 0.6) is 0 Å². The van der Waals surface area contributed by atoms with Gasteiger partial charge in [-0.25, -0.2) is 4.68 Å². The maximum atomic E-state index is 13.0. The van der Waals surface area contributed by atoms with Gasteiger partial charge in [-0.2, -0.15) is 0 Å². The number of nitrogens with zero attached hydrogens (tertiary/aromatic N) is 2. The topological polar surface area (TPSA) is 111 Å². The van der Waals surface area contributed by atoms with Crippen molar-refractivity contribution >= 4 is 23.5 Å². The van der Waals surface area contributed by atoms with E-state index in [1.54, 1.807) is 30.8 Å². The van der Waals surface area contributed by atoms with Crippen molar-refractivity contribution in [2.75, 3.05) is 18.5 Å². The van der Waals surface area contributed by atoms with Crippen molar-refractivity contribution in [2.45, 2.75) is 45.4 Å². The third-order valence-corrected chi connectivity index (χ3v) is 8.10. The largest absolute Gasteiger partial charge is 0.454 e. The summed E-state index contributed by atoms with van der Waals surface area (Å²) in [5.41, 5.74) is 0.660. The molecular weight excluding hydrogens is 448 g/mol. The number of carbonyl (C=O) groups is 3. The minimum atomic E-state index is -0.676. The maximum Gasteiger partial charge on any atom is 0.325 e. The Balaban J connectivity index is 1.13. The van der Waals surface area contributed by atoms with Crippen molar-refractivity contribution in [1.82, 2.24) is 14.7 Å². The second-order valence-corrected chi connectivity index (χ2v) is 10.5. The monoisotopic (exact) mass is 480 g/mol. The Labute approximate surface area is 203 Å². The first kappa shape index (κ1) is 23.4. The number of para-hydroxylation sites is 1. The van der Waals surface area contributed by atoms with E-state index in [-0.39, 0.29) is 29.1 Å². The summed E-state index contributed by atoms with van der Waals surface area (Å²) in [6, 6.07) is 9.10. The lowest BCUT2D eigenvalue weighted by Gasteiger charge is -2.55. The Morgan fingerprint density at radius 1 is 1.03 bits per heavy atom. The van der Waals surface area contributed by atoms with Crippen LogP contribution in [-0.2, 0) is 26.2 Å². The highest BCUT2D eigenvalue weighted by Crippen LogP contribution is 2.60. The zero-order chi connectivity index (χ0) is 24.7. The van der Waals surface area contributed by atoms with Gasteiger partial charge in [0.25, 0.3) is 11.5 Å². The van der Waals surface area contributed by atoms with Gasteiger partial charge in [-0.05, 0) is 75.3 Å². The number of ether oxygens (including phenoxy) is 1. The predicted octanol–water partition coefficient (Wildman–Crippen LogP) is 2.30. The zero-order valence-corrected chi connectivity index (χ0v) is 20.2. The average Bonchev–Trinajstić information content (AvgIpc) is 3.03. The molecule has 4 aliphatic carbocycles. The van der Waals surface area contributed by atoms with Crippen molar-refractivity contribution < 1.29 is 19.1 Å². The van der Waals surface area contributed by atoms with Gasteiger partial charge in [-0.3, -0.25) is 23.9 Å². The number of hydrogen-bond acceptors (Lipinski definition) is 5. The van der Waals surface area contributed by atoms with Crippen LogP contribution in [0.2, 0.25) is 0 Å². The lowest BCUT2D eigenvalue weighted by Crippen LogP contribution is -2.54. The first-order chi connectivity index (χ1) is 16.8. The van der Waals surface area contributed by atoms with Gasteiger partial charge in [-0.15, -0.1) is 0 Å². The molecule has 4 bridgehead atoms. The molecule has 2 amide bonds. The fourth-order valence-corrected chi connectivity index (χ4v) is 6.81. The van der Waals surface area contributed by atoms with Crippen molar-refractivity contribution in [3.8, 4) is 5.69 Å². The third kappa shape index (κ3) is 4.39. The van der Waals surface area contributed by atoms with Crippen LogP contribution in [0.25, 0.3) is 5.69 Å². The van der Waals surface area contributed by atoms with E-state index in [9.17, 15) is 19.2 Å². The molecular formula is C26H32N4O5. The number of benzene rings is 1. The molecule has 0 atom stereocenters. The van der Waals surface area contributed by atoms with E-state index in [4.69, 9.17) is 4.74 Å². The second-order valence-electron chi connectivity index (χ2n) is 10.5. The van der Waals surface area contributed by atoms with Crippen molar-refractivity contribution in [1.29, 1.82) is 0 Å². The second kappa shape index (κ2) is 9.02. The van der Waals surface area contributed by atoms with Gasteiger partial charge in [-0.1, -0.05) is 18.2 Å².